The first kappa shape index (κ1) is 19.9. The number of fused-ring (bicyclic) bond motifs is 1. The molecule has 156 valence electrons. The van der Waals surface area contributed by atoms with E-state index in [0.29, 0.717) is 38.3 Å². The Morgan fingerprint density at radius 1 is 1.03 bits per heavy atom. The summed E-state index contributed by atoms with van der Waals surface area (Å²) in [4.78, 5) is 39.6. The summed E-state index contributed by atoms with van der Waals surface area (Å²) in [6, 6.07) is 9.64. The van der Waals surface area contributed by atoms with Gasteiger partial charge in [-0.2, -0.15) is 0 Å². The third-order valence-electron chi connectivity index (χ3n) is 6.78. The largest absolute Gasteiger partial charge is 0.353 e. The maximum absolute atomic E-state index is 12.9. The van der Waals surface area contributed by atoms with E-state index >= 15 is 0 Å². The Bertz CT molecular complexity index is 745. The van der Waals surface area contributed by atoms with Crippen LogP contribution in [0.4, 0.5) is 4.79 Å². The van der Waals surface area contributed by atoms with Gasteiger partial charge in [0.15, 0.2) is 0 Å². The minimum absolute atomic E-state index is 0.0826. The summed E-state index contributed by atoms with van der Waals surface area (Å²) in [5, 5.41) is 6.22. The summed E-state index contributed by atoms with van der Waals surface area (Å²) in [6.45, 7) is 0.392. The number of amides is 4. The summed E-state index contributed by atoms with van der Waals surface area (Å²) in [5.74, 6) is -0.297. The normalized spacial score (nSPS) is 27.9. The molecule has 29 heavy (non-hydrogen) atoms. The Morgan fingerprint density at radius 3 is 2.55 bits per heavy atom. The molecule has 4 rings (SSSR count). The van der Waals surface area contributed by atoms with Crippen molar-refractivity contribution >= 4 is 17.8 Å². The van der Waals surface area contributed by atoms with Crippen LogP contribution in [0.1, 0.15) is 56.9 Å². The fourth-order valence-electron chi connectivity index (χ4n) is 5.06. The fourth-order valence-corrected chi connectivity index (χ4v) is 5.06. The SMILES string of the molecule is O=C(NC1CCCCC1)C1CCC2C(=O)N(CCc3ccccc3)C(=O)NC2C1. The molecule has 6 nitrogen and oxygen atoms in total. The summed E-state index contributed by atoms with van der Waals surface area (Å²) < 4.78 is 0. The van der Waals surface area contributed by atoms with E-state index in [0.717, 1.165) is 18.4 Å². The minimum Gasteiger partial charge on any atom is -0.353 e. The van der Waals surface area contributed by atoms with Crippen LogP contribution >= 0.6 is 0 Å². The number of rotatable bonds is 5. The van der Waals surface area contributed by atoms with Crippen molar-refractivity contribution in [1.29, 1.82) is 0 Å². The van der Waals surface area contributed by atoms with Crippen LogP contribution in [0, 0.1) is 11.8 Å². The highest BCUT2D eigenvalue weighted by Crippen LogP contribution is 2.33. The molecule has 0 radical (unpaired) electrons. The molecule has 4 amide bonds. The van der Waals surface area contributed by atoms with Crippen molar-refractivity contribution in [3.8, 4) is 0 Å². The van der Waals surface area contributed by atoms with Crippen molar-refractivity contribution < 1.29 is 14.4 Å². The third kappa shape index (κ3) is 4.62. The molecule has 1 aromatic carbocycles. The molecule has 0 aromatic heterocycles. The molecular weight excluding hydrogens is 366 g/mol. The molecule has 2 saturated carbocycles. The van der Waals surface area contributed by atoms with Crippen molar-refractivity contribution in [2.24, 2.45) is 11.8 Å². The number of benzene rings is 1. The van der Waals surface area contributed by atoms with Gasteiger partial charge in [0.2, 0.25) is 11.8 Å². The molecule has 0 bridgehead atoms. The minimum atomic E-state index is -0.319. The molecule has 2 N–H and O–H groups in total. The van der Waals surface area contributed by atoms with E-state index in [1.54, 1.807) is 0 Å². The molecule has 1 aromatic rings. The van der Waals surface area contributed by atoms with Crippen LogP contribution in [0.15, 0.2) is 30.3 Å². The number of urea groups is 1. The molecule has 1 aliphatic heterocycles. The molecule has 3 atom stereocenters. The average molecular weight is 398 g/mol. The van der Waals surface area contributed by atoms with Gasteiger partial charge in [-0.15, -0.1) is 0 Å². The molecule has 6 heteroatoms. The highest BCUT2D eigenvalue weighted by atomic mass is 16.2. The summed E-state index contributed by atoms with van der Waals surface area (Å²) in [5.41, 5.74) is 1.11. The van der Waals surface area contributed by atoms with Crippen LogP contribution in [0.25, 0.3) is 0 Å². The molecule has 3 aliphatic rings. The van der Waals surface area contributed by atoms with Crippen LogP contribution < -0.4 is 10.6 Å². The number of imide groups is 1. The topological polar surface area (TPSA) is 78.5 Å². The first-order valence-corrected chi connectivity index (χ1v) is 11.1. The first-order valence-electron chi connectivity index (χ1n) is 11.1. The maximum atomic E-state index is 12.9. The highest BCUT2D eigenvalue weighted by molar-refractivity contribution is 5.99. The lowest BCUT2D eigenvalue weighted by Gasteiger charge is -2.42. The number of nitrogens with zero attached hydrogens (tertiary/aromatic N) is 1. The van der Waals surface area contributed by atoms with Crippen LogP contribution in [0.3, 0.4) is 0 Å². The smallest absolute Gasteiger partial charge is 0.324 e. The Morgan fingerprint density at radius 2 is 1.79 bits per heavy atom. The van der Waals surface area contributed by atoms with Crippen LogP contribution in [0.2, 0.25) is 0 Å². The van der Waals surface area contributed by atoms with E-state index in [4.69, 9.17) is 0 Å². The monoisotopic (exact) mass is 397 g/mol. The van der Waals surface area contributed by atoms with E-state index in [-0.39, 0.29) is 35.7 Å². The van der Waals surface area contributed by atoms with E-state index in [1.165, 1.54) is 24.2 Å². The highest BCUT2D eigenvalue weighted by Gasteiger charge is 2.45. The lowest BCUT2D eigenvalue weighted by molar-refractivity contribution is -0.139. The zero-order valence-corrected chi connectivity index (χ0v) is 16.9. The van der Waals surface area contributed by atoms with Gasteiger partial charge >= 0.3 is 6.03 Å². The predicted molar refractivity (Wildman–Crippen MR) is 110 cm³/mol. The Kier molecular flexibility index (Phi) is 6.16. The quantitative estimate of drug-likeness (QED) is 0.802. The lowest BCUT2D eigenvalue weighted by Crippen LogP contribution is -2.62. The van der Waals surface area contributed by atoms with Gasteiger partial charge < -0.3 is 10.6 Å². The van der Waals surface area contributed by atoms with E-state index in [2.05, 4.69) is 10.6 Å². The van der Waals surface area contributed by atoms with Gasteiger partial charge in [0, 0.05) is 24.5 Å². The van der Waals surface area contributed by atoms with E-state index in [1.807, 2.05) is 30.3 Å². The Balaban J connectivity index is 1.32. The van der Waals surface area contributed by atoms with Gasteiger partial charge in [-0.25, -0.2) is 4.79 Å². The zero-order chi connectivity index (χ0) is 20.2. The first-order chi connectivity index (χ1) is 14.1. The number of carbonyl (C=O) groups excluding carboxylic acids is 3. The number of carbonyl (C=O) groups is 3. The van der Waals surface area contributed by atoms with Gasteiger partial charge in [0.05, 0.1) is 5.92 Å². The second-order valence-electron chi connectivity index (χ2n) is 8.74. The van der Waals surface area contributed by atoms with Crippen molar-refractivity contribution in [3.05, 3.63) is 35.9 Å². The van der Waals surface area contributed by atoms with Crippen LogP contribution in [0.5, 0.6) is 0 Å². The summed E-state index contributed by atoms with van der Waals surface area (Å²) >= 11 is 0. The van der Waals surface area contributed by atoms with Crippen molar-refractivity contribution in [2.75, 3.05) is 6.54 Å². The van der Waals surface area contributed by atoms with Gasteiger partial charge in [-0.3, -0.25) is 14.5 Å². The second-order valence-corrected chi connectivity index (χ2v) is 8.74. The summed E-state index contributed by atoms with van der Waals surface area (Å²) in [6.07, 6.45) is 8.35. The second kappa shape index (κ2) is 8.97. The van der Waals surface area contributed by atoms with Crippen molar-refractivity contribution in [3.63, 3.8) is 0 Å². The van der Waals surface area contributed by atoms with Gasteiger partial charge in [0.1, 0.15) is 0 Å². The summed E-state index contributed by atoms with van der Waals surface area (Å²) in [7, 11) is 0. The van der Waals surface area contributed by atoms with Crippen molar-refractivity contribution in [2.45, 2.75) is 69.9 Å². The molecule has 3 fully saturated rings. The Hall–Kier alpha value is -2.37. The standard InChI is InChI=1S/C23H31N3O3/c27-21(24-18-9-5-2-6-10-18)17-11-12-19-20(15-17)25-23(29)26(22(19)28)14-13-16-7-3-1-4-8-16/h1,3-4,7-8,17-20H,2,5-6,9-15H2,(H,24,27)(H,25,29). The molecule has 0 spiro atoms. The average Bonchev–Trinajstić information content (AvgIpc) is 2.74. The number of hydrogen-bond donors (Lipinski definition) is 2. The van der Waals surface area contributed by atoms with Crippen LogP contribution in [-0.2, 0) is 16.0 Å². The van der Waals surface area contributed by atoms with Crippen LogP contribution in [-0.4, -0.2) is 41.4 Å². The van der Waals surface area contributed by atoms with Gasteiger partial charge in [-0.05, 0) is 44.1 Å². The lowest BCUT2D eigenvalue weighted by atomic mass is 9.76. The molecular formula is C23H31N3O3. The molecule has 2 aliphatic carbocycles. The molecule has 3 unspecified atom stereocenters. The Labute approximate surface area is 172 Å². The van der Waals surface area contributed by atoms with Gasteiger partial charge in [0.25, 0.3) is 0 Å². The van der Waals surface area contributed by atoms with E-state index in [9.17, 15) is 14.4 Å². The molecule has 1 saturated heterocycles. The van der Waals surface area contributed by atoms with E-state index < -0.39 is 0 Å². The number of nitrogens with one attached hydrogen (secondary N) is 2. The third-order valence-corrected chi connectivity index (χ3v) is 6.78. The zero-order valence-electron chi connectivity index (χ0n) is 16.9. The van der Waals surface area contributed by atoms with Crippen molar-refractivity contribution in [1.82, 2.24) is 15.5 Å². The molecule has 1 heterocycles. The fraction of sp³-hybridized carbons (Fsp3) is 0.609. The predicted octanol–water partition coefficient (Wildman–Crippen LogP) is 3.01. The maximum Gasteiger partial charge on any atom is 0.324 e. The van der Waals surface area contributed by atoms with Gasteiger partial charge in [-0.1, -0.05) is 49.6 Å². The number of hydrogen-bond acceptors (Lipinski definition) is 3.